The molecule has 120 valence electrons. The molecule has 1 heterocycles. The van der Waals surface area contributed by atoms with E-state index in [2.05, 4.69) is 17.6 Å². The Labute approximate surface area is 132 Å². The minimum atomic E-state index is -0.334. The lowest BCUT2D eigenvalue weighted by atomic mass is 10.1. The first-order chi connectivity index (χ1) is 10.7. The van der Waals surface area contributed by atoms with E-state index in [1.807, 2.05) is 18.2 Å². The van der Waals surface area contributed by atoms with Crippen LogP contribution in [0.2, 0.25) is 0 Å². The summed E-state index contributed by atoms with van der Waals surface area (Å²) in [6.45, 7) is 5.08. The molecule has 1 unspecified atom stereocenters. The number of nitrogens with zero attached hydrogens (tertiary/aromatic N) is 1. The van der Waals surface area contributed by atoms with Crippen LogP contribution in [0.1, 0.15) is 36.5 Å². The molecule has 0 spiro atoms. The van der Waals surface area contributed by atoms with Gasteiger partial charge in [-0.25, -0.2) is 0 Å². The molecule has 1 saturated heterocycles. The Kier molecular flexibility index (Phi) is 6.40. The van der Waals surface area contributed by atoms with Gasteiger partial charge in [0.25, 0.3) is 5.91 Å². The van der Waals surface area contributed by atoms with Gasteiger partial charge in [0.15, 0.2) is 0 Å². The molecule has 1 aromatic carbocycles. The van der Waals surface area contributed by atoms with Crippen molar-refractivity contribution in [2.75, 3.05) is 26.2 Å². The van der Waals surface area contributed by atoms with E-state index >= 15 is 0 Å². The molecule has 0 bridgehead atoms. The SMILES string of the molecule is CCCNCCNC(=O)C1CCCN1C(=O)c1ccccc1. The van der Waals surface area contributed by atoms with Gasteiger partial charge in [-0.05, 0) is 37.9 Å². The van der Waals surface area contributed by atoms with Crippen molar-refractivity contribution in [3.05, 3.63) is 35.9 Å². The maximum atomic E-state index is 12.5. The third-order valence-electron chi connectivity index (χ3n) is 3.86. The quantitative estimate of drug-likeness (QED) is 0.749. The monoisotopic (exact) mass is 303 g/mol. The van der Waals surface area contributed by atoms with Crippen LogP contribution < -0.4 is 10.6 Å². The minimum absolute atomic E-state index is 0.0416. The summed E-state index contributed by atoms with van der Waals surface area (Å²) >= 11 is 0. The second-order valence-electron chi connectivity index (χ2n) is 5.56. The second-order valence-corrected chi connectivity index (χ2v) is 5.56. The molecule has 1 aliphatic rings. The second kappa shape index (κ2) is 8.54. The molecule has 2 N–H and O–H groups in total. The molecule has 0 aromatic heterocycles. The highest BCUT2D eigenvalue weighted by atomic mass is 16.2. The van der Waals surface area contributed by atoms with Crippen molar-refractivity contribution in [1.29, 1.82) is 0 Å². The van der Waals surface area contributed by atoms with E-state index in [1.165, 1.54) is 0 Å². The molecule has 5 nitrogen and oxygen atoms in total. The molecular formula is C17H25N3O2. The summed E-state index contributed by atoms with van der Waals surface area (Å²) in [7, 11) is 0. The molecule has 5 heteroatoms. The number of hydrogen-bond acceptors (Lipinski definition) is 3. The highest BCUT2D eigenvalue weighted by molar-refractivity contribution is 5.97. The Morgan fingerprint density at radius 2 is 1.95 bits per heavy atom. The van der Waals surface area contributed by atoms with E-state index in [-0.39, 0.29) is 17.9 Å². The van der Waals surface area contributed by atoms with Crippen molar-refractivity contribution in [2.24, 2.45) is 0 Å². The van der Waals surface area contributed by atoms with Gasteiger partial charge in [-0.2, -0.15) is 0 Å². The summed E-state index contributed by atoms with van der Waals surface area (Å²) in [5.41, 5.74) is 0.645. The molecule has 0 aliphatic carbocycles. The standard InChI is InChI=1S/C17H25N3O2/c1-2-10-18-11-12-19-16(21)15-9-6-13-20(15)17(22)14-7-4-3-5-8-14/h3-5,7-8,15,18H,2,6,9-13H2,1H3,(H,19,21). The van der Waals surface area contributed by atoms with Crippen LogP contribution in [0.15, 0.2) is 30.3 Å². The summed E-state index contributed by atoms with van der Waals surface area (Å²) in [4.78, 5) is 26.5. The summed E-state index contributed by atoms with van der Waals surface area (Å²) < 4.78 is 0. The highest BCUT2D eigenvalue weighted by Gasteiger charge is 2.34. The van der Waals surface area contributed by atoms with Crippen LogP contribution in [0.4, 0.5) is 0 Å². The molecular weight excluding hydrogens is 278 g/mol. The zero-order valence-electron chi connectivity index (χ0n) is 13.2. The van der Waals surface area contributed by atoms with E-state index < -0.39 is 0 Å². The van der Waals surface area contributed by atoms with Crippen molar-refractivity contribution in [3.8, 4) is 0 Å². The Morgan fingerprint density at radius 3 is 2.68 bits per heavy atom. The normalized spacial score (nSPS) is 17.5. The van der Waals surface area contributed by atoms with E-state index in [9.17, 15) is 9.59 Å². The Morgan fingerprint density at radius 1 is 1.18 bits per heavy atom. The first-order valence-corrected chi connectivity index (χ1v) is 8.08. The van der Waals surface area contributed by atoms with Gasteiger partial charge in [-0.3, -0.25) is 9.59 Å². The number of nitrogens with one attached hydrogen (secondary N) is 2. The molecule has 2 rings (SSSR count). The van der Waals surface area contributed by atoms with Crippen molar-refractivity contribution in [2.45, 2.75) is 32.2 Å². The van der Waals surface area contributed by atoms with Crippen molar-refractivity contribution >= 4 is 11.8 Å². The Balaban J connectivity index is 1.87. The fourth-order valence-corrected chi connectivity index (χ4v) is 2.72. The summed E-state index contributed by atoms with van der Waals surface area (Å²) in [6.07, 6.45) is 2.70. The van der Waals surface area contributed by atoms with E-state index in [4.69, 9.17) is 0 Å². The third kappa shape index (κ3) is 4.31. The van der Waals surface area contributed by atoms with Crippen LogP contribution >= 0.6 is 0 Å². The van der Waals surface area contributed by atoms with Crippen LogP contribution in [0.25, 0.3) is 0 Å². The molecule has 1 fully saturated rings. The smallest absolute Gasteiger partial charge is 0.254 e. The first-order valence-electron chi connectivity index (χ1n) is 8.08. The number of rotatable bonds is 7. The largest absolute Gasteiger partial charge is 0.353 e. The van der Waals surface area contributed by atoms with Gasteiger partial charge >= 0.3 is 0 Å². The zero-order chi connectivity index (χ0) is 15.8. The first kappa shape index (κ1) is 16.5. The maximum absolute atomic E-state index is 12.5. The van der Waals surface area contributed by atoms with Crippen molar-refractivity contribution in [3.63, 3.8) is 0 Å². The molecule has 2 amide bonds. The summed E-state index contributed by atoms with van der Waals surface area (Å²) in [6, 6.07) is 8.83. The van der Waals surface area contributed by atoms with E-state index in [1.54, 1.807) is 17.0 Å². The third-order valence-corrected chi connectivity index (χ3v) is 3.86. The predicted octanol–water partition coefficient (Wildman–Crippen LogP) is 1.41. The van der Waals surface area contributed by atoms with Crippen LogP contribution in [0, 0.1) is 0 Å². The molecule has 0 radical (unpaired) electrons. The van der Waals surface area contributed by atoms with Gasteiger partial charge in [-0.15, -0.1) is 0 Å². The number of amides is 2. The van der Waals surface area contributed by atoms with Gasteiger partial charge in [-0.1, -0.05) is 25.1 Å². The highest BCUT2D eigenvalue weighted by Crippen LogP contribution is 2.20. The van der Waals surface area contributed by atoms with Crippen LogP contribution in [-0.4, -0.2) is 48.9 Å². The maximum Gasteiger partial charge on any atom is 0.254 e. The Hall–Kier alpha value is -1.88. The van der Waals surface area contributed by atoms with Crippen molar-refractivity contribution in [1.82, 2.24) is 15.5 Å². The minimum Gasteiger partial charge on any atom is -0.353 e. The fourth-order valence-electron chi connectivity index (χ4n) is 2.72. The number of carbonyl (C=O) groups excluding carboxylic acids is 2. The Bertz CT molecular complexity index is 490. The van der Waals surface area contributed by atoms with Crippen LogP contribution in [0.3, 0.4) is 0 Å². The summed E-state index contributed by atoms with van der Waals surface area (Å²) in [5, 5.41) is 6.17. The van der Waals surface area contributed by atoms with Gasteiger partial charge in [0, 0.05) is 25.2 Å². The van der Waals surface area contributed by atoms with Crippen LogP contribution in [0.5, 0.6) is 0 Å². The molecule has 1 atom stereocenters. The lowest BCUT2D eigenvalue weighted by Crippen LogP contribution is -2.47. The molecule has 1 aliphatic heterocycles. The molecule has 22 heavy (non-hydrogen) atoms. The fraction of sp³-hybridized carbons (Fsp3) is 0.529. The predicted molar refractivity (Wildman–Crippen MR) is 86.7 cm³/mol. The van der Waals surface area contributed by atoms with E-state index in [0.29, 0.717) is 18.7 Å². The lowest BCUT2D eigenvalue weighted by molar-refractivity contribution is -0.124. The van der Waals surface area contributed by atoms with Gasteiger partial charge in [0.05, 0.1) is 0 Å². The topological polar surface area (TPSA) is 61.4 Å². The van der Waals surface area contributed by atoms with E-state index in [0.717, 1.165) is 32.4 Å². The number of benzene rings is 1. The lowest BCUT2D eigenvalue weighted by Gasteiger charge is -2.24. The van der Waals surface area contributed by atoms with Crippen LogP contribution in [-0.2, 0) is 4.79 Å². The average Bonchev–Trinajstić information content (AvgIpc) is 3.04. The molecule has 1 aromatic rings. The van der Waals surface area contributed by atoms with Gasteiger partial charge in [0.1, 0.15) is 6.04 Å². The zero-order valence-corrected chi connectivity index (χ0v) is 13.2. The summed E-state index contributed by atoms with van der Waals surface area (Å²) in [5.74, 6) is -0.0950. The van der Waals surface area contributed by atoms with Gasteiger partial charge in [0.2, 0.25) is 5.91 Å². The number of likely N-dealkylation sites (tertiary alicyclic amines) is 1. The van der Waals surface area contributed by atoms with Gasteiger partial charge < -0.3 is 15.5 Å². The van der Waals surface area contributed by atoms with Crippen molar-refractivity contribution < 1.29 is 9.59 Å². The average molecular weight is 303 g/mol. The number of carbonyl (C=O) groups is 2. The number of hydrogen-bond donors (Lipinski definition) is 2. The molecule has 0 saturated carbocycles.